The standard InChI is InChI=1S/C18H20N4O6S/c19-12-13-1-4-15(5-2-13)29(26,27)20-18(23)14-3-6-16(17(11-14)22(24)25)21-7-9-28-10-8-21/h1-6,11H,7-10,12,19H2,(H,20,23). The van der Waals surface area contributed by atoms with E-state index in [1.54, 1.807) is 17.0 Å². The summed E-state index contributed by atoms with van der Waals surface area (Å²) in [4.78, 5) is 25.0. The van der Waals surface area contributed by atoms with Gasteiger partial charge in [-0.05, 0) is 29.8 Å². The monoisotopic (exact) mass is 420 g/mol. The summed E-state index contributed by atoms with van der Waals surface area (Å²) in [5.41, 5.74) is 6.18. The van der Waals surface area contributed by atoms with Crippen LogP contribution in [0.25, 0.3) is 0 Å². The number of ether oxygens (including phenoxy) is 1. The van der Waals surface area contributed by atoms with Crippen LogP contribution in [0.15, 0.2) is 47.4 Å². The first-order valence-electron chi connectivity index (χ1n) is 8.79. The number of carbonyl (C=O) groups is 1. The van der Waals surface area contributed by atoms with Gasteiger partial charge in [-0.25, -0.2) is 13.1 Å². The molecule has 29 heavy (non-hydrogen) atoms. The van der Waals surface area contributed by atoms with E-state index in [1.807, 2.05) is 4.72 Å². The summed E-state index contributed by atoms with van der Waals surface area (Å²) in [6.45, 7) is 2.12. The van der Waals surface area contributed by atoms with Gasteiger partial charge >= 0.3 is 0 Å². The van der Waals surface area contributed by atoms with E-state index >= 15 is 0 Å². The van der Waals surface area contributed by atoms with Gasteiger partial charge in [0.05, 0.1) is 23.0 Å². The van der Waals surface area contributed by atoms with Gasteiger partial charge in [-0.3, -0.25) is 14.9 Å². The van der Waals surface area contributed by atoms with Crippen LogP contribution in [0.1, 0.15) is 15.9 Å². The van der Waals surface area contributed by atoms with Crippen molar-refractivity contribution < 1.29 is 22.9 Å². The lowest BCUT2D eigenvalue weighted by Gasteiger charge is -2.28. The predicted octanol–water partition coefficient (Wildman–Crippen LogP) is 1.01. The lowest BCUT2D eigenvalue weighted by atomic mass is 10.1. The Balaban J connectivity index is 1.84. The van der Waals surface area contributed by atoms with Gasteiger partial charge in [0.2, 0.25) is 0 Å². The third-order valence-electron chi connectivity index (χ3n) is 4.48. The fraction of sp³-hybridized carbons (Fsp3) is 0.278. The van der Waals surface area contributed by atoms with E-state index in [2.05, 4.69) is 0 Å². The van der Waals surface area contributed by atoms with Crippen molar-refractivity contribution in [3.05, 3.63) is 63.7 Å². The Hall–Kier alpha value is -3.02. The number of amides is 1. The van der Waals surface area contributed by atoms with Gasteiger partial charge in [0.15, 0.2) is 0 Å². The molecule has 1 amide bonds. The average Bonchev–Trinajstić information content (AvgIpc) is 2.73. The Kier molecular flexibility index (Phi) is 6.11. The molecule has 0 bridgehead atoms. The second-order valence-corrected chi connectivity index (χ2v) is 8.03. The highest BCUT2D eigenvalue weighted by Gasteiger charge is 2.25. The van der Waals surface area contributed by atoms with Crippen LogP contribution in [0.4, 0.5) is 11.4 Å². The number of sulfonamides is 1. The Labute approximate surface area is 167 Å². The lowest BCUT2D eigenvalue weighted by Crippen LogP contribution is -2.36. The molecule has 0 radical (unpaired) electrons. The summed E-state index contributed by atoms with van der Waals surface area (Å²) in [5, 5.41) is 11.5. The van der Waals surface area contributed by atoms with Crippen LogP contribution in [0.5, 0.6) is 0 Å². The maximum absolute atomic E-state index is 12.5. The van der Waals surface area contributed by atoms with Crippen LogP contribution in [-0.4, -0.2) is 45.6 Å². The number of nitrogens with zero attached hydrogens (tertiary/aromatic N) is 2. The van der Waals surface area contributed by atoms with Crippen LogP contribution in [0, 0.1) is 10.1 Å². The first-order valence-corrected chi connectivity index (χ1v) is 10.3. The van der Waals surface area contributed by atoms with Crippen molar-refractivity contribution in [2.45, 2.75) is 11.4 Å². The highest BCUT2D eigenvalue weighted by atomic mass is 32.2. The smallest absolute Gasteiger partial charge is 0.293 e. The van der Waals surface area contributed by atoms with E-state index in [0.29, 0.717) is 32.0 Å². The minimum absolute atomic E-state index is 0.109. The molecule has 2 aromatic rings. The average molecular weight is 420 g/mol. The molecular formula is C18H20N4O6S. The van der Waals surface area contributed by atoms with Crippen LogP contribution in [0.2, 0.25) is 0 Å². The summed E-state index contributed by atoms with van der Waals surface area (Å²) >= 11 is 0. The molecule has 1 saturated heterocycles. The topological polar surface area (TPSA) is 145 Å². The summed E-state index contributed by atoms with van der Waals surface area (Å²) in [6.07, 6.45) is 0. The minimum atomic E-state index is -4.13. The molecule has 0 atom stereocenters. The van der Waals surface area contributed by atoms with E-state index in [-0.39, 0.29) is 22.7 Å². The lowest BCUT2D eigenvalue weighted by molar-refractivity contribution is -0.384. The quantitative estimate of drug-likeness (QED) is 0.520. The Morgan fingerprint density at radius 2 is 1.83 bits per heavy atom. The number of nitrogens with two attached hydrogens (primary N) is 1. The molecule has 1 heterocycles. The van der Waals surface area contributed by atoms with Gasteiger partial charge in [0.25, 0.3) is 21.6 Å². The first-order chi connectivity index (χ1) is 13.8. The molecule has 0 unspecified atom stereocenters. The fourth-order valence-corrected chi connectivity index (χ4v) is 3.90. The van der Waals surface area contributed by atoms with Gasteiger partial charge in [-0.2, -0.15) is 0 Å². The number of nitrogens with one attached hydrogen (secondary N) is 1. The molecule has 0 spiro atoms. The maximum atomic E-state index is 12.5. The number of nitro benzene ring substituents is 1. The van der Waals surface area contributed by atoms with Gasteiger partial charge in [0.1, 0.15) is 5.69 Å². The van der Waals surface area contributed by atoms with Gasteiger partial charge in [-0.15, -0.1) is 0 Å². The fourth-order valence-electron chi connectivity index (χ4n) is 2.93. The Morgan fingerprint density at radius 3 is 2.41 bits per heavy atom. The van der Waals surface area contributed by atoms with Crippen molar-refractivity contribution in [2.75, 3.05) is 31.2 Å². The number of anilines is 1. The minimum Gasteiger partial charge on any atom is -0.378 e. The number of rotatable bonds is 6. The zero-order valence-electron chi connectivity index (χ0n) is 15.4. The van der Waals surface area contributed by atoms with Gasteiger partial charge in [0, 0.05) is 31.3 Å². The molecule has 1 aliphatic heterocycles. The van der Waals surface area contributed by atoms with Crippen molar-refractivity contribution in [3.8, 4) is 0 Å². The highest BCUT2D eigenvalue weighted by Crippen LogP contribution is 2.30. The molecule has 0 aromatic heterocycles. The van der Waals surface area contributed by atoms with Crippen molar-refractivity contribution in [1.82, 2.24) is 4.72 Å². The van der Waals surface area contributed by atoms with Crippen LogP contribution in [0.3, 0.4) is 0 Å². The summed E-state index contributed by atoms with van der Waals surface area (Å²) < 4.78 is 32.0. The van der Waals surface area contributed by atoms with E-state index in [1.165, 1.54) is 24.3 Å². The van der Waals surface area contributed by atoms with Crippen LogP contribution >= 0.6 is 0 Å². The van der Waals surface area contributed by atoms with E-state index < -0.39 is 20.9 Å². The maximum Gasteiger partial charge on any atom is 0.293 e. The Bertz CT molecular complexity index is 1020. The van der Waals surface area contributed by atoms with Gasteiger partial charge < -0.3 is 15.4 Å². The van der Waals surface area contributed by atoms with Crippen molar-refractivity contribution in [1.29, 1.82) is 0 Å². The van der Waals surface area contributed by atoms with Crippen molar-refractivity contribution >= 4 is 27.3 Å². The molecule has 2 aromatic carbocycles. The molecule has 1 aliphatic rings. The highest BCUT2D eigenvalue weighted by molar-refractivity contribution is 7.90. The van der Waals surface area contributed by atoms with Crippen LogP contribution in [-0.2, 0) is 21.3 Å². The molecule has 154 valence electrons. The second-order valence-electron chi connectivity index (χ2n) is 6.34. The normalized spacial score (nSPS) is 14.4. The molecule has 10 nitrogen and oxygen atoms in total. The van der Waals surface area contributed by atoms with Crippen LogP contribution < -0.4 is 15.4 Å². The SMILES string of the molecule is NCc1ccc(S(=O)(=O)NC(=O)c2ccc(N3CCOCC3)c([N+](=O)[O-])c2)cc1. The third kappa shape index (κ3) is 4.70. The largest absolute Gasteiger partial charge is 0.378 e. The number of morpholine rings is 1. The molecular weight excluding hydrogens is 400 g/mol. The van der Waals surface area contributed by atoms with Gasteiger partial charge in [-0.1, -0.05) is 12.1 Å². The molecule has 3 N–H and O–H groups in total. The molecule has 3 rings (SSSR count). The number of carbonyl (C=O) groups excluding carboxylic acids is 1. The Morgan fingerprint density at radius 1 is 1.17 bits per heavy atom. The van der Waals surface area contributed by atoms with E-state index in [9.17, 15) is 23.3 Å². The molecule has 0 saturated carbocycles. The molecule has 11 heteroatoms. The summed E-state index contributed by atoms with van der Waals surface area (Å²) in [7, 11) is -4.13. The second kappa shape index (κ2) is 8.55. The summed E-state index contributed by atoms with van der Waals surface area (Å²) in [5.74, 6) is -0.954. The number of hydrogen-bond acceptors (Lipinski definition) is 8. The third-order valence-corrected chi connectivity index (χ3v) is 5.83. The molecule has 0 aliphatic carbocycles. The number of hydrogen-bond donors (Lipinski definition) is 2. The first kappa shape index (κ1) is 20.7. The molecule has 1 fully saturated rings. The zero-order valence-corrected chi connectivity index (χ0v) is 16.2. The number of benzene rings is 2. The van der Waals surface area contributed by atoms with E-state index in [4.69, 9.17) is 10.5 Å². The van der Waals surface area contributed by atoms with Crippen molar-refractivity contribution in [3.63, 3.8) is 0 Å². The zero-order chi connectivity index (χ0) is 21.0. The summed E-state index contributed by atoms with van der Waals surface area (Å²) in [6, 6.07) is 9.64. The number of nitro groups is 1. The van der Waals surface area contributed by atoms with E-state index in [0.717, 1.165) is 11.6 Å². The van der Waals surface area contributed by atoms with Crippen molar-refractivity contribution in [2.24, 2.45) is 5.73 Å². The predicted molar refractivity (Wildman–Crippen MR) is 105 cm³/mol.